The molecule has 0 saturated heterocycles. The standard InChI is InChI=1S/C16H16ClFN2O/c1-20-12-13(11-19-20)7-9-21-16-6-5-15(18)10-14(16)4-2-3-8-17/h5-6,10-12H,3,7-9H2,1H3. The lowest BCUT2D eigenvalue weighted by Gasteiger charge is -2.07. The molecular formula is C16H16ClFN2O. The van der Waals surface area contributed by atoms with E-state index in [2.05, 4.69) is 16.9 Å². The van der Waals surface area contributed by atoms with E-state index >= 15 is 0 Å². The molecule has 21 heavy (non-hydrogen) atoms. The van der Waals surface area contributed by atoms with Crippen molar-refractivity contribution in [3.8, 4) is 17.6 Å². The van der Waals surface area contributed by atoms with E-state index in [-0.39, 0.29) is 5.82 Å². The third-order valence-electron chi connectivity index (χ3n) is 2.79. The van der Waals surface area contributed by atoms with E-state index in [0.29, 0.717) is 30.2 Å². The third-order valence-corrected chi connectivity index (χ3v) is 2.98. The Labute approximate surface area is 128 Å². The fourth-order valence-corrected chi connectivity index (χ4v) is 1.91. The molecule has 0 aliphatic heterocycles. The van der Waals surface area contributed by atoms with Gasteiger partial charge in [-0.1, -0.05) is 11.8 Å². The Bertz CT molecular complexity index is 658. The molecule has 0 saturated carbocycles. The molecule has 1 aromatic carbocycles. The van der Waals surface area contributed by atoms with Crippen LogP contribution in [0.5, 0.6) is 5.75 Å². The first-order chi connectivity index (χ1) is 10.2. The number of aryl methyl sites for hydroxylation is 1. The van der Waals surface area contributed by atoms with E-state index in [4.69, 9.17) is 16.3 Å². The Kier molecular flexibility index (Phi) is 5.65. The molecule has 0 aliphatic carbocycles. The van der Waals surface area contributed by atoms with Crippen molar-refractivity contribution in [3.63, 3.8) is 0 Å². The molecule has 0 aliphatic rings. The van der Waals surface area contributed by atoms with Gasteiger partial charge >= 0.3 is 0 Å². The molecule has 1 heterocycles. The van der Waals surface area contributed by atoms with Crippen LogP contribution < -0.4 is 4.74 Å². The minimum atomic E-state index is -0.329. The normalized spacial score (nSPS) is 10.0. The highest BCUT2D eigenvalue weighted by molar-refractivity contribution is 6.18. The van der Waals surface area contributed by atoms with E-state index in [9.17, 15) is 4.39 Å². The zero-order chi connectivity index (χ0) is 15.1. The fraction of sp³-hybridized carbons (Fsp3) is 0.312. The predicted molar refractivity (Wildman–Crippen MR) is 81.0 cm³/mol. The number of benzene rings is 1. The van der Waals surface area contributed by atoms with Crippen molar-refractivity contribution >= 4 is 11.6 Å². The van der Waals surface area contributed by atoms with E-state index in [1.807, 2.05) is 13.2 Å². The maximum Gasteiger partial charge on any atom is 0.135 e. The molecule has 2 rings (SSSR count). The SMILES string of the molecule is Cn1cc(CCOc2ccc(F)cc2C#CCCCl)cn1. The summed E-state index contributed by atoms with van der Waals surface area (Å²) in [5.74, 6) is 6.49. The maximum atomic E-state index is 13.3. The Morgan fingerprint density at radius 2 is 2.29 bits per heavy atom. The van der Waals surface area contributed by atoms with Gasteiger partial charge in [0.2, 0.25) is 0 Å². The van der Waals surface area contributed by atoms with Crippen LogP contribution in [0.3, 0.4) is 0 Å². The van der Waals surface area contributed by atoms with Crippen LogP contribution in [0.2, 0.25) is 0 Å². The number of aromatic nitrogens is 2. The highest BCUT2D eigenvalue weighted by atomic mass is 35.5. The summed E-state index contributed by atoms with van der Waals surface area (Å²) in [7, 11) is 1.87. The molecule has 3 nitrogen and oxygen atoms in total. The number of hydrogen-bond acceptors (Lipinski definition) is 2. The van der Waals surface area contributed by atoms with Crippen molar-refractivity contribution in [1.82, 2.24) is 9.78 Å². The molecular weight excluding hydrogens is 291 g/mol. The van der Waals surface area contributed by atoms with Crippen LogP contribution in [-0.4, -0.2) is 22.3 Å². The van der Waals surface area contributed by atoms with Gasteiger partial charge in [0.1, 0.15) is 11.6 Å². The Morgan fingerprint density at radius 3 is 3.00 bits per heavy atom. The van der Waals surface area contributed by atoms with Gasteiger partial charge in [0.15, 0.2) is 0 Å². The van der Waals surface area contributed by atoms with Gasteiger partial charge in [-0.15, -0.1) is 11.6 Å². The van der Waals surface area contributed by atoms with Gasteiger partial charge in [-0.3, -0.25) is 4.68 Å². The van der Waals surface area contributed by atoms with Gasteiger partial charge in [-0.2, -0.15) is 5.10 Å². The lowest BCUT2D eigenvalue weighted by atomic mass is 10.2. The van der Waals surface area contributed by atoms with Crippen LogP contribution in [0.1, 0.15) is 17.5 Å². The highest BCUT2D eigenvalue weighted by Crippen LogP contribution is 2.19. The smallest absolute Gasteiger partial charge is 0.135 e. The maximum absolute atomic E-state index is 13.3. The topological polar surface area (TPSA) is 27.1 Å². The van der Waals surface area contributed by atoms with Crippen molar-refractivity contribution in [2.75, 3.05) is 12.5 Å². The fourth-order valence-electron chi connectivity index (χ4n) is 1.81. The van der Waals surface area contributed by atoms with E-state index < -0.39 is 0 Å². The van der Waals surface area contributed by atoms with Crippen LogP contribution in [0.4, 0.5) is 4.39 Å². The van der Waals surface area contributed by atoms with E-state index in [1.54, 1.807) is 16.9 Å². The molecule has 0 radical (unpaired) electrons. The highest BCUT2D eigenvalue weighted by Gasteiger charge is 2.04. The predicted octanol–water partition coefficient (Wildman–Crippen LogP) is 3.16. The lowest BCUT2D eigenvalue weighted by molar-refractivity contribution is 0.320. The van der Waals surface area contributed by atoms with E-state index in [0.717, 1.165) is 12.0 Å². The van der Waals surface area contributed by atoms with Crippen LogP contribution in [0.25, 0.3) is 0 Å². The monoisotopic (exact) mass is 306 g/mol. The van der Waals surface area contributed by atoms with Crippen molar-refractivity contribution in [2.45, 2.75) is 12.8 Å². The summed E-state index contributed by atoms with van der Waals surface area (Å²) in [6.07, 6.45) is 5.04. The first-order valence-electron chi connectivity index (χ1n) is 6.64. The molecule has 1 aromatic heterocycles. The second-order valence-electron chi connectivity index (χ2n) is 4.50. The molecule has 0 unspecified atom stereocenters. The first-order valence-corrected chi connectivity index (χ1v) is 7.17. The molecule has 5 heteroatoms. The zero-order valence-corrected chi connectivity index (χ0v) is 12.5. The summed E-state index contributed by atoms with van der Waals surface area (Å²) >= 11 is 5.58. The summed E-state index contributed by atoms with van der Waals surface area (Å²) in [4.78, 5) is 0. The number of rotatable bonds is 5. The molecule has 0 spiro atoms. The molecule has 0 bridgehead atoms. The Morgan fingerprint density at radius 1 is 1.43 bits per heavy atom. The van der Waals surface area contributed by atoms with Crippen molar-refractivity contribution in [3.05, 3.63) is 47.5 Å². The summed E-state index contributed by atoms with van der Waals surface area (Å²) < 4.78 is 20.7. The third kappa shape index (κ3) is 4.80. The summed E-state index contributed by atoms with van der Waals surface area (Å²) in [5.41, 5.74) is 1.64. The average Bonchev–Trinajstić information content (AvgIpc) is 2.87. The number of halogens is 2. The minimum absolute atomic E-state index is 0.329. The number of nitrogens with zero attached hydrogens (tertiary/aromatic N) is 2. The Hall–Kier alpha value is -1.99. The van der Waals surface area contributed by atoms with Crippen molar-refractivity contribution < 1.29 is 9.13 Å². The molecule has 110 valence electrons. The van der Waals surface area contributed by atoms with Crippen LogP contribution in [0, 0.1) is 17.7 Å². The number of hydrogen-bond donors (Lipinski definition) is 0. The van der Waals surface area contributed by atoms with Crippen molar-refractivity contribution in [1.29, 1.82) is 0 Å². The van der Waals surface area contributed by atoms with Crippen LogP contribution >= 0.6 is 11.6 Å². The molecule has 0 fully saturated rings. The van der Waals surface area contributed by atoms with E-state index in [1.165, 1.54) is 12.1 Å². The van der Waals surface area contributed by atoms with Crippen LogP contribution in [0.15, 0.2) is 30.6 Å². The first kappa shape index (κ1) is 15.4. The molecule has 0 N–H and O–H groups in total. The Balaban J connectivity index is 2.00. The van der Waals surface area contributed by atoms with Gasteiger partial charge in [-0.25, -0.2) is 4.39 Å². The summed E-state index contributed by atoms with van der Waals surface area (Å²) in [6.45, 7) is 0.488. The quantitative estimate of drug-likeness (QED) is 0.627. The largest absolute Gasteiger partial charge is 0.492 e. The molecule has 0 amide bonds. The van der Waals surface area contributed by atoms with Gasteiger partial charge < -0.3 is 4.74 Å². The summed E-state index contributed by atoms with van der Waals surface area (Å²) in [5, 5.41) is 4.10. The summed E-state index contributed by atoms with van der Waals surface area (Å²) in [6, 6.07) is 4.34. The van der Waals surface area contributed by atoms with Gasteiger partial charge in [0, 0.05) is 32.0 Å². The average molecular weight is 307 g/mol. The lowest BCUT2D eigenvalue weighted by Crippen LogP contribution is -2.02. The number of alkyl halides is 1. The van der Waals surface area contributed by atoms with Gasteiger partial charge in [-0.05, 0) is 23.8 Å². The van der Waals surface area contributed by atoms with Gasteiger partial charge in [0.05, 0.1) is 18.4 Å². The molecule has 0 atom stereocenters. The van der Waals surface area contributed by atoms with Gasteiger partial charge in [0.25, 0.3) is 0 Å². The van der Waals surface area contributed by atoms with Crippen molar-refractivity contribution in [2.24, 2.45) is 7.05 Å². The number of ether oxygens (including phenoxy) is 1. The van der Waals surface area contributed by atoms with Crippen LogP contribution in [-0.2, 0) is 13.5 Å². The zero-order valence-electron chi connectivity index (χ0n) is 11.8. The molecule has 2 aromatic rings. The second-order valence-corrected chi connectivity index (χ2v) is 4.88. The minimum Gasteiger partial charge on any atom is -0.492 e. The second kappa shape index (κ2) is 7.70.